The van der Waals surface area contributed by atoms with Crippen LogP contribution in [0.5, 0.6) is 17.4 Å². The Labute approximate surface area is 138 Å². The molecule has 1 heterocycles. The number of ether oxygens (including phenoxy) is 2. The van der Waals surface area contributed by atoms with Crippen LogP contribution in [0, 0.1) is 0 Å². The highest BCUT2D eigenvalue weighted by molar-refractivity contribution is 5.88. The highest BCUT2D eigenvalue weighted by Gasteiger charge is 2.06. The summed E-state index contributed by atoms with van der Waals surface area (Å²) in [6.07, 6.45) is 0. The number of carboxylic acids is 1. The SMILES string of the molecule is COc1cccc(Oc2ccc(-c3ccc(C(=O)O)cc3)nn2)c1. The van der Waals surface area contributed by atoms with E-state index in [4.69, 9.17) is 14.6 Å². The largest absolute Gasteiger partial charge is 0.497 e. The molecule has 0 spiro atoms. The second kappa shape index (κ2) is 6.78. The van der Waals surface area contributed by atoms with Crippen LogP contribution in [0.1, 0.15) is 10.4 Å². The first-order valence-corrected chi connectivity index (χ1v) is 7.15. The van der Waals surface area contributed by atoms with Gasteiger partial charge in [-0.3, -0.25) is 0 Å². The first-order chi connectivity index (χ1) is 11.7. The van der Waals surface area contributed by atoms with E-state index < -0.39 is 5.97 Å². The van der Waals surface area contributed by atoms with Crippen molar-refractivity contribution >= 4 is 5.97 Å². The molecular weight excluding hydrogens is 308 g/mol. The number of aromatic nitrogens is 2. The van der Waals surface area contributed by atoms with Gasteiger partial charge in [0.1, 0.15) is 11.5 Å². The summed E-state index contributed by atoms with van der Waals surface area (Å²) in [5, 5.41) is 17.0. The molecule has 0 amide bonds. The molecule has 24 heavy (non-hydrogen) atoms. The zero-order valence-electron chi connectivity index (χ0n) is 12.8. The van der Waals surface area contributed by atoms with Crippen LogP contribution >= 0.6 is 0 Å². The lowest BCUT2D eigenvalue weighted by atomic mass is 10.1. The molecule has 0 aliphatic carbocycles. The van der Waals surface area contributed by atoms with Gasteiger partial charge in [0, 0.05) is 17.7 Å². The summed E-state index contributed by atoms with van der Waals surface area (Å²) in [4.78, 5) is 10.9. The summed E-state index contributed by atoms with van der Waals surface area (Å²) in [5.41, 5.74) is 1.63. The van der Waals surface area contributed by atoms with E-state index in [-0.39, 0.29) is 5.56 Å². The van der Waals surface area contributed by atoms with Crippen molar-refractivity contribution in [1.29, 1.82) is 0 Å². The number of hydrogen-bond donors (Lipinski definition) is 1. The third-order valence-corrected chi connectivity index (χ3v) is 3.33. The number of aromatic carboxylic acids is 1. The maximum Gasteiger partial charge on any atom is 0.335 e. The Morgan fingerprint density at radius 2 is 1.71 bits per heavy atom. The van der Waals surface area contributed by atoms with Crippen molar-refractivity contribution in [3.05, 3.63) is 66.2 Å². The average Bonchev–Trinajstić information content (AvgIpc) is 2.62. The van der Waals surface area contributed by atoms with Crippen molar-refractivity contribution in [2.75, 3.05) is 7.11 Å². The van der Waals surface area contributed by atoms with E-state index in [9.17, 15) is 4.79 Å². The van der Waals surface area contributed by atoms with Crippen LogP contribution in [0.25, 0.3) is 11.3 Å². The third kappa shape index (κ3) is 3.49. The minimum absolute atomic E-state index is 0.227. The molecule has 6 heteroatoms. The molecule has 0 aliphatic heterocycles. The molecule has 6 nitrogen and oxygen atoms in total. The summed E-state index contributed by atoms with van der Waals surface area (Å²) in [6.45, 7) is 0. The highest BCUT2D eigenvalue weighted by Crippen LogP contribution is 2.25. The van der Waals surface area contributed by atoms with E-state index in [1.54, 1.807) is 43.5 Å². The van der Waals surface area contributed by atoms with Gasteiger partial charge in [-0.25, -0.2) is 4.79 Å². The summed E-state index contributed by atoms with van der Waals surface area (Å²) < 4.78 is 10.8. The second-order valence-corrected chi connectivity index (χ2v) is 4.92. The molecule has 0 saturated carbocycles. The molecule has 0 fully saturated rings. The summed E-state index contributed by atoms with van der Waals surface area (Å²) >= 11 is 0. The van der Waals surface area contributed by atoms with Gasteiger partial charge in [-0.1, -0.05) is 18.2 Å². The molecule has 3 rings (SSSR count). The molecular formula is C18H14N2O4. The van der Waals surface area contributed by atoms with Gasteiger partial charge >= 0.3 is 5.97 Å². The minimum Gasteiger partial charge on any atom is -0.497 e. The average molecular weight is 322 g/mol. The van der Waals surface area contributed by atoms with E-state index in [1.165, 1.54) is 12.1 Å². The van der Waals surface area contributed by atoms with Crippen LogP contribution < -0.4 is 9.47 Å². The first kappa shape index (κ1) is 15.5. The zero-order chi connectivity index (χ0) is 16.9. The van der Waals surface area contributed by atoms with Crippen molar-refractivity contribution < 1.29 is 19.4 Å². The molecule has 1 aromatic heterocycles. The Hall–Kier alpha value is -3.41. The van der Waals surface area contributed by atoms with Crippen LogP contribution in [0.3, 0.4) is 0 Å². The molecule has 0 radical (unpaired) electrons. The topological polar surface area (TPSA) is 81.5 Å². The molecule has 0 unspecified atom stereocenters. The standard InChI is InChI=1S/C18H14N2O4/c1-23-14-3-2-4-15(11-14)24-17-10-9-16(19-20-17)12-5-7-13(8-6-12)18(21)22/h2-11H,1H3,(H,21,22). The Morgan fingerprint density at radius 1 is 0.958 bits per heavy atom. The third-order valence-electron chi connectivity index (χ3n) is 3.33. The quantitative estimate of drug-likeness (QED) is 0.772. The Kier molecular flexibility index (Phi) is 4.38. The van der Waals surface area contributed by atoms with Crippen molar-refractivity contribution in [2.24, 2.45) is 0 Å². The monoisotopic (exact) mass is 322 g/mol. The molecule has 120 valence electrons. The van der Waals surface area contributed by atoms with E-state index in [2.05, 4.69) is 10.2 Å². The zero-order valence-corrected chi connectivity index (χ0v) is 12.8. The number of nitrogens with zero attached hydrogens (tertiary/aromatic N) is 2. The predicted octanol–water partition coefficient (Wildman–Crippen LogP) is 3.64. The molecule has 0 bridgehead atoms. The molecule has 3 aromatic rings. The molecule has 0 aliphatic rings. The lowest BCUT2D eigenvalue weighted by molar-refractivity contribution is 0.0697. The number of carbonyl (C=O) groups is 1. The fourth-order valence-electron chi connectivity index (χ4n) is 2.10. The minimum atomic E-state index is -0.963. The molecule has 0 saturated heterocycles. The van der Waals surface area contributed by atoms with Gasteiger partial charge in [-0.2, -0.15) is 0 Å². The van der Waals surface area contributed by atoms with Crippen LogP contribution in [0.4, 0.5) is 0 Å². The van der Waals surface area contributed by atoms with E-state index >= 15 is 0 Å². The maximum absolute atomic E-state index is 10.9. The van der Waals surface area contributed by atoms with Gasteiger partial charge in [0.15, 0.2) is 0 Å². The number of hydrogen-bond acceptors (Lipinski definition) is 5. The molecule has 0 atom stereocenters. The first-order valence-electron chi connectivity index (χ1n) is 7.15. The van der Waals surface area contributed by atoms with Crippen molar-refractivity contribution in [3.63, 3.8) is 0 Å². The van der Waals surface area contributed by atoms with Gasteiger partial charge in [0.25, 0.3) is 0 Å². The van der Waals surface area contributed by atoms with E-state index in [0.717, 1.165) is 5.56 Å². The smallest absolute Gasteiger partial charge is 0.335 e. The number of carboxylic acid groups (broad SMARTS) is 1. The van der Waals surface area contributed by atoms with E-state index in [1.807, 2.05) is 12.1 Å². The van der Waals surface area contributed by atoms with Crippen LogP contribution in [0.2, 0.25) is 0 Å². The Morgan fingerprint density at radius 3 is 2.33 bits per heavy atom. The fraction of sp³-hybridized carbons (Fsp3) is 0.0556. The maximum atomic E-state index is 10.9. The Balaban J connectivity index is 1.76. The van der Waals surface area contributed by atoms with Crippen LogP contribution in [0.15, 0.2) is 60.7 Å². The van der Waals surface area contributed by atoms with Crippen molar-refractivity contribution in [2.45, 2.75) is 0 Å². The normalized spacial score (nSPS) is 10.2. The number of rotatable bonds is 5. The predicted molar refractivity (Wildman–Crippen MR) is 87.5 cm³/mol. The molecule has 1 N–H and O–H groups in total. The van der Waals surface area contributed by atoms with Crippen LogP contribution in [-0.4, -0.2) is 28.4 Å². The number of methoxy groups -OCH3 is 1. The van der Waals surface area contributed by atoms with E-state index in [0.29, 0.717) is 23.1 Å². The summed E-state index contributed by atoms with van der Waals surface area (Å²) in [6, 6.07) is 17.1. The second-order valence-electron chi connectivity index (χ2n) is 4.92. The van der Waals surface area contributed by atoms with Gasteiger partial charge in [0.05, 0.1) is 18.4 Å². The lowest BCUT2D eigenvalue weighted by Gasteiger charge is -2.06. The highest BCUT2D eigenvalue weighted by atomic mass is 16.5. The number of benzene rings is 2. The summed E-state index contributed by atoms with van der Waals surface area (Å²) in [5.74, 6) is 0.682. The van der Waals surface area contributed by atoms with Gasteiger partial charge in [-0.15, -0.1) is 10.2 Å². The molecule has 2 aromatic carbocycles. The Bertz CT molecular complexity index is 846. The van der Waals surface area contributed by atoms with Crippen molar-refractivity contribution in [1.82, 2.24) is 10.2 Å². The van der Waals surface area contributed by atoms with Gasteiger partial charge in [0.2, 0.25) is 5.88 Å². The summed E-state index contributed by atoms with van der Waals surface area (Å²) in [7, 11) is 1.59. The lowest BCUT2D eigenvalue weighted by Crippen LogP contribution is -1.96. The van der Waals surface area contributed by atoms with Gasteiger partial charge < -0.3 is 14.6 Å². The van der Waals surface area contributed by atoms with Crippen LogP contribution in [-0.2, 0) is 0 Å². The van der Waals surface area contributed by atoms with Gasteiger partial charge in [-0.05, 0) is 30.3 Å². The fourth-order valence-corrected chi connectivity index (χ4v) is 2.10. The van der Waals surface area contributed by atoms with Crippen molar-refractivity contribution in [3.8, 4) is 28.6 Å².